The highest BCUT2D eigenvalue weighted by atomic mass is 79.9. The summed E-state index contributed by atoms with van der Waals surface area (Å²) in [7, 11) is 0. The number of hydrogen-bond donors (Lipinski definition) is 0. The first-order chi connectivity index (χ1) is 7.20. The predicted octanol–water partition coefficient (Wildman–Crippen LogP) is 3.59. The molecule has 0 aliphatic heterocycles. The van der Waals surface area contributed by atoms with Crippen molar-refractivity contribution in [2.75, 3.05) is 6.61 Å². The lowest BCUT2D eigenvalue weighted by molar-refractivity contribution is -0.117. The Balaban J connectivity index is 2.21. The van der Waals surface area contributed by atoms with Crippen LogP contribution in [0.15, 0.2) is 28.7 Å². The van der Waals surface area contributed by atoms with Gasteiger partial charge in [0.1, 0.15) is 11.5 Å². The summed E-state index contributed by atoms with van der Waals surface area (Å²) in [6.45, 7) is 2.28. The summed E-state index contributed by atoms with van der Waals surface area (Å²) < 4.78 is 6.53. The van der Waals surface area contributed by atoms with Gasteiger partial charge in [0, 0.05) is 6.42 Å². The molecule has 1 aromatic rings. The second-order valence-electron chi connectivity index (χ2n) is 3.44. The minimum Gasteiger partial charge on any atom is -0.492 e. The minimum absolute atomic E-state index is 0.246. The molecule has 0 aromatic heterocycles. The van der Waals surface area contributed by atoms with Gasteiger partial charge >= 0.3 is 0 Å². The summed E-state index contributed by atoms with van der Waals surface area (Å²) in [6, 6.07) is 7.77. The second kappa shape index (κ2) is 6.62. The van der Waals surface area contributed by atoms with E-state index in [0.717, 1.165) is 23.1 Å². The van der Waals surface area contributed by atoms with Crippen LogP contribution in [0.2, 0.25) is 0 Å². The second-order valence-corrected chi connectivity index (χ2v) is 4.29. The van der Waals surface area contributed by atoms with Crippen LogP contribution in [-0.2, 0) is 4.79 Å². The Morgan fingerprint density at radius 1 is 1.33 bits per heavy atom. The highest BCUT2D eigenvalue weighted by Gasteiger charge is 1.99. The SMILES string of the molecule is CC(=O)CCCCOc1ccccc1Br. The Labute approximate surface area is 98.8 Å². The van der Waals surface area contributed by atoms with E-state index in [9.17, 15) is 4.79 Å². The molecule has 0 fully saturated rings. The van der Waals surface area contributed by atoms with Crippen LogP contribution in [0.3, 0.4) is 0 Å². The first-order valence-electron chi connectivity index (χ1n) is 5.07. The van der Waals surface area contributed by atoms with Crippen LogP contribution < -0.4 is 4.74 Å². The lowest BCUT2D eigenvalue weighted by Crippen LogP contribution is -1.99. The van der Waals surface area contributed by atoms with E-state index in [-0.39, 0.29) is 5.78 Å². The summed E-state index contributed by atoms with van der Waals surface area (Å²) >= 11 is 3.41. The fourth-order valence-electron chi connectivity index (χ4n) is 1.22. The van der Waals surface area contributed by atoms with Gasteiger partial charge in [0.15, 0.2) is 0 Å². The number of carbonyl (C=O) groups excluding carboxylic acids is 1. The van der Waals surface area contributed by atoms with Gasteiger partial charge in [-0.2, -0.15) is 0 Å². The zero-order valence-corrected chi connectivity index (χ0v) is 10.4. The molecular weight excluding hydrogens is 256 g/mol. The Hall–Kier alpha value is -0.830. The van der Waals surface area contributed by atoms with Crippen LogP contribution in [-0.4, -0.2) is 12.4 Å². The number of unbranched alkanes of at least 4 members (excludes halogenated alkanes) is 1. The van der Waals surface area contributed by atoms with E-state index in [1.54, 1.807) is 6.92 Å². The summed E-state index contributed by atoms with van der Waals surface area (Å²) in [4.78, 5) is 10.7. The molecule has 15 heavy (non-hydrogen) atoms. The number of ether oxygens (including phenoxy) is 1. The molecule has 0 heterocycles. The van der Waals surface area contributed by atoms with Crippen molar-refractivity contribution < 1.29 is 9.53 Å². The summed E-state index contributed by atoms with van der Waals surface area (Å²) in [6.07, 6.45) is 2.47. The Bertz CT molecular complexity index is 323. The van der Waals surface area contributed by atoms with Gasteiger partial charge in [-0.15, -0.1) is 0 Å². The fraction of sp³-hybridized carbons (Fsp3) is 0.417. The van der Waals surface area contributed by atoms with E-state index < -0.39 is 0 Å². The third-order valence-corrected chi connectivity index (χ3v) is 2.67. The van der Waals surface area contributed by atoms with E-state index >= 15 is 0 Å². The molecule has 0 aliphatic rings. The molecule has 2 nitrogen and oxygen atoms in total. The molecule has 0 saturated heterocycles. The van der Waals surface area contributed by atoms with E-state index in [0.29, 0.717) is 13.0 Å². The van der Waals surface area contributed by atoms with Crippen LogP contribution in [0.4, 0.5) is 0 Å². The zero-order chi connectivity index (χ0) is 11.1. The molecule has 0 amide bonds. The topological polar surface area (TPSA) is 26.3 Å². The van der Waals surface area contributed by atoms with Crippen LogP contribution in [0.5, 0.6) is 5.75 Å². The van der Waals surface area contributed by atoms with Gasteiger partial charge in [-0.3, -0.25) is 0 Å². The van der Waals surface area contributed by atoms with Gasteiger partial charge in [-0.05, 0) is 47.8 Å². The van der Waals surface area contributed by atoms with Gasteiger partial charge in [0.05, 0.1) is 11.1 Å². The van der Waals surface area contributed by atoms with E-state index in [1.165, 1.54) is 0 Å². The van der Waals surface area contributed by atoms with Gasteiger partial charge in [0.2, 0.25) is 0 Å². The van der Waals surface area contributed by atoms with Crippen LogP contribution in [0.1, 0.15) is 26.2 Å². The molecule has 0 radical (unpaired) electrons. The molecule has 0 unspecified atom stereocenters. The van der Waals surface area contributed by atoms with Crippen LogP contribution in [0, 0.1) is 0 Å². The quantitative estimate of drug-likeness (QED) is 0.739. The van der Waals surface area contributed by atoms with Crippen molar-refractivity contribution in [1.82, 2.24) is 0 Å². The number of para-hydroxylation sites is 1. The Kier molecular flexibility index (Phi) is 5.40. The monoisotopic (exact) mass is 270 g/mol. The van der Waals surface area contributed by atoms with Gasteiger partial charge in [-0.25, -0.2) is 0 Å². The maximum Gasteiger partial charge on any atom is 0.133 e. The van der Waals surface area contributed by atoms with Gasteiger partial charge in [-0.1, -0.05) is 12.1 Å². The van der Waals surface area contributed by atoms with E-state index in [2.05, 4.69) is 15.9 Å². The molecule has 1 rings (SSSR count). The Morgan fingerprint density at radius 2 is 2.07 bits per heavy atom. The largest absolute Gasteiger partial charge is 0.492 e. The van der Waals surface area contributed by atoms with E-state index in [1.807, 2.05) is 24.3 Å². The number of ketones is 1. The maximum atomic E-state index is 10.7. The van der Waals surface area contributed by atoms with E-state index in [4.69, 9.17) is 4.74 Å². The van der Waals surface area contributed by atoms with Gasteiger partial charge < -0.3 is 9.53 Å². The van der Waals surface area contributed by atoms with Crippen LogP contribution in [0.25, 0.3) is 0 Å². The molecule has 3 heteroatoms. The molecule has 0 atom stereocenters. The van der Waals surface area contributed by atoms with Crippen molar-refractivity contribution in [1.29, 1.82) is 0 Å². The first kappa shape index (κ1) is 12.2. The van der Waals surface area contributed by atoms with Crippen molar-refractivity contribution in [3.05, 3.63) is 28.7 Å². The molecule has 0 saturated carbocycles. The average Bonchev–Trinajstić information content (AvgIpc) is 2.20. The molecule has 0 bridgehead atoms. The zero-order valence-electron chi connectivity index (χ0n) is 8.83. The molecule has 1 aromatic carbocycles. The molecule has 0 N–H and O–H groups in total. The van der Waals surface area contributed by atoms with Crippen LogP contribution >= 0.6 is 15.9 Å². The smallest absolute Gasteiger partial charge is 0.133 e. The highest BCUT2D eigenvalue weighted by molar-refractivity contribution is 9.10. The number of Topliss-reactive ketones (excluding diaryl/α,β-unsaturated/α-hetero) is 1. The van der Waals surface area contributed by atoms with Crippen molar-refractivity contribution in [3.63, 3.8) is 0 Å². The summed E-state index contributed by atoms with van der Waals surface area (Å²) in [5.41, 5.74) is 0. The fourth-order valence-corrected chi connectivity index (χ4v) is 1.62. The van der Waals surface area contributed by atoms with Gasteiger partial charge in [0.25, 0.3) is 0 Å². The van der Waals surface area contributed by atoms with Crippen molar-refractivity contribution in [3.8, 4) is 5.75 Å². The third kappa shape index (κ3) is 4.98. The average molecular weight is 271 g/mol. The van der Waals surface area contributed by atoms with Crippen molar-refractivity contribution >= 4 is 21.7 Å². The molecular formula is C12H15BrO2. The lowest BCUT2D eigenvalue weighted by atomic mass is 10.2. The minimum atomic E-state index is 0.246. The maximum absolute atomic E-state index is 10.7. The normalized spacial score (nSPS) is 10.0. The summed E-state index contributed by atoms with van der Waals surface area (Å²) in [5.74, 6) is 1.11. The van der Waals surface area contributed by atoms with Crippen molar-refractivity contribution in [2.45, 2.75) is 26.2 Å². The Morgan fingerprint density at radius 3 is 2.73 bits per heavy atom. The molecule has 0 spiro atoms. The number of halogens is 1. The first-order valence-corrected chi connectivity index (χ1v) is 5.86. The van der Waals surface area contributed by atoms with Crippen molar-refractivity contribution in [2.24, 2.45) is 0 Å². The predicted molar refractivity (Wildman–Crippen MR) is 64.2 cm³/mol. The highest BCUT2D eigenvalue weighted by Crippen LogP contribution is 2.23. The third-order valence-electron chi connectivity index (χ3n) is 2.02. The lowest BCUT2D eigenvalue weighted by Gasteiger charge is -2.06. The standard InChI is InChI=1S/C12H15BrO2/c1-10(14)6-4-5-9-15-12-8-3-2-7-11(12)13/h2-3,7-8H,4-6,9H2,1H3. The number of hydrogen-bond acceptors (Lipinski definition) is 2. The number of benzene rings is 1. The number of rotatable bonds is 6. The summed E-state index contributed by atoms with van der Waals surface area (Å²) in [5, 5.41) is 0. The molecule has 82 valence electrons. The number of carbonyl (C=O) groups is 1. The molecule has 0 aliphatic carbocycles.